The number of thioether (sulfide) groups is 1. The van der Waals surface area contributed by atoms with Crippen LogP contribution in [0, 0.1) is 0 Å². The Kier molecular flexibility index (Phi) is 5.65. The van der Waals surface area contributed by atoms with Crippen LogP contribution in [0.5, 0.6) is 0 Å². The molecule has 0 saturated carbocycles. The summed E-state index contributed by atoms with van der Waals surface area (Å²) in [6.45, 7) is 0.395. The summed E-state index contributed by atoms with van der Waals surface area (Å²) < 4.78 is 5.79. The predicted octanol–water partition coefficient (Wildman–Crippen LogP) is 3.91. The number of rotatable bonds is 5. The van der Waals surface area contributed by atoms with Gasteiger partial charge in [-0.1, -0.05) is 11.6 Å². The largest absolute Gasteiger partial charge is 0.383 e. The summed E-state index contributed by atoms with van der Waals surface area (Å²) >= 11 is 10.8. The summed E-state index contributed by atoms with van der Waals surface area (Å²) in [4.78, 5) is 9.82. The highest BCUT2D eigenvalue weighted by atomic mass is 79.9. The van der Waals surface area contributed by atoms with Crippen LogP contribution in [0.15, 0.2) is 33.6 Å². The lowest BCUT2D eigenvalue weighted by molar-refractivity contribution is 0.180. The first-order valence-corrected chi connectivity index (χ1v) is 7.94. The normalized spacial score (nSPS) is 10.8. The number of nitrogens with two attached hydrogens (primary N) is 1. The van der Waals surface area contributed by atoms with E-state index in [1.807, 2.05) is 24.3 Å². The van der Waals surface area contributed by atoms with Crippen LogP contribution in [0.25, 0.3) is 0 Å². The van der Waals surface area contributed by atoms with Crippen molar-refractivity contribution in [3.05, 3.63) is 45.3 Å². The van der Waals surface area contributed by atoms with Crippen LogP contribution in [0.3, 0.4) is 0 Å². The Balaban J connectivity index is 2.11. The number of methoxy groups -OCH3 is 1. The van der Waals surface area contributed by atoms with Gasteiger partial charge in [0.25, 0.3) is 0 Å². The van der Waals surface area contributed by atoms with Crippen LogP contribution in [-0.4, -0.2) is 17.1 Å². The van der Waals surface area contributed by atoms with Crippen LogP contribution in [-0.2, 0) is 17.1 Å². The van der Waals surface area contributed by atoms with E-state index in [0.29, 0.717) is 28.5 Å². The van der Waals surface area contributed by atoms with Crippen molar-refractivity contribution in [2.24, 2.45) is 0 Å². The fourth-order valence-electron chi connectivity index (χ4n) is 1.54. The highest BCUT2D eigenvalue weighted by Crippen LogP contribution is 2.26. The van der Waals surface area contributed by atoms with Crippen LogP contribution < -0.4 is 5.73 Å². The van der Waals surface area contributed by atoms with E-state index in [9.17, 15) is 0 Å². The second-order valence-corrected chi connectivity index (χ2v) is 6.24. The molecule has 0 radical (unpaired) electrons. The van der Waals surface area contributed by atoms with Crippen molar-refractivity contribution in [3.8, 4) is 0 Å². The Morgan fingerprint density at radius 2 is 2.00 bits per heavy atom. The zero-order valence-electron chi connectivity index (χ0n) is 10.8. The van der Waals surface area contributed by atoms with Crippen molar-refractivity contribution in [3.63, 3.8) is 0 Å². The third-order valence-corrected chi connectivity index (χ3v) is 4.58. The molecular formula is C13H13BrClN3OS. The fourth-order valence-corrected chi connectivity index (χ4v) is 2.71. The molecule has 0 spiro atoms. The van der Waals surface area contributed by atoms with Gasteiger partial charge in [-0.3, -0.25) is 0 Å². The van der Waals surface area contributed by atoms with E-state index < -0.39 is 0 Å². The van der Waals surface area contributed by atoms with Crippen molar-refractivity contribution in [1.82, 2.24) is 9.97 Å². The van der Waals surface area contributed by atoms with Gasteiger partial charge in [0.2, 0.25) is 0 Å². The molecule has 1 aromatic carbocycles. The molecule has 0 amide bonds. The third-order valence-electron chi connectivity index (χ3n) is 2.45. The summed E-state index contributed by atoms with van der Waals surface area (Å²) in [5.41, 5.74) is 6.62. The van der Waals surface area contributed by atoms with Gasteiger partial charge in [0.1, 0.15) is 11.6 Å². The van der Waals surface area contributed by atoms with E-state index in [2.05, 4.69) is 25.9 Å². The minimum absolute atomic E-state index is 0.395. The minimum atomic E-state index is 0.395. The lowest BCUT2D eigenvalue weighted by atomic mass is 10.4. The molecule has 20 heavy (non-hydrogen) atoms. The number of nitrogen functional groups attached to an aromatic ring is 1. The maximum Gasteiger partial charge on any atom is 0.141 e. The summed E-state index contributed by atoms with van der Waals surface area (Å²) in [7, 11) is 1.62. The number of halogens is 2. The van der Waals surface area contributed by atoms with Gasteiger partial charge in [-0.05, 0) is 40.2 Å². The van der Waals surface area contributed by atoms with Crippen LogP contribution in [0.1, 0.15) is 11.5 Å². The average molecular weight is 375 g/mol. The Hall–Kier alpha value is -0.820. The van der Waals surface area contributed by atoms with Gasteiger partial charge in [-0.2, -0.15) is 0 Å². The molecule has 0 aliphatic rings. The summed E-state index contributed by atoms with van der Waals surface area (Å²) in [5, 5.41) is 0.723. The maximum absolute atomic E-state index is 5.86. The molecule has 0 aliphatic carbocycles. The molecule has 2 N–H and O–H groups in total. The zero-order chi connectivity index (χ0) is 14.5. The van der Waals surface area contributed by atoms with Crippen molar-refractivity contribution < 1.29 is 4.74 Å². The molecule has 0 atom stereocenters. The SMILES string of the molecule is COCc1nc(CSc2ccc(Cl)cc2)nc(N)c1Br. The Bertz CT molecular complexity index is 595. The molecule has 0 aliphatic heterocycles. The lowest BCUT2D eigenvalue weighted by Gasteiger charge is -2.08. The predicted molar refractivity (Wildman–Crippen MR) is 85.9 cm³/mol. The average Bonchev–Trinajstić information content (AvgIpc) is 2.44. The minimum Gasteiger partial charge on any atom is -0.383 e. The molecule has 0 fully saturated rings. The molecule has 0 bridgehead atoms. The first-order valence-electron chi connectivity index (χ1n) is 5.78. The first kappa shape index (κ1) is 15.6. The number of benzene rings is 1. The summed E-state index contributed by atoms with van der Waals surface area (Å²) in [6, 6.07) is 7.64. The fraction of sp³-hybridized carbons (Fsp3) is 0.231. The monoisotopic (exact) mass is 373 g/mol. The quantitative estimate of drug-likeness (QED) is 0.804. The van der Waals surface area contributed by atoms with Crippen LogP contribution in [0.2, 0.25) is 5.02 Å². The lowest BCUT2D eigenvalue weighted by Crippen LogP contribution is -2.05. The van der Waals surface area contributed by atoms with Gasteiger partial charge in [0, 0.05) is 17.0 Å². The van der Waals surface area contributed by atoms with Gasteiger partial charge < -0.3 is 10.5 Å². The standard InChI is InChI=1S/C13H13BrClN3OS/c1-19-6-10-12(14)13(16)18-11(17-10)7-20-9-4-2-8(15)3-5-9/h2-5H,6-7H2,1H3,(H2,16,17,18). The maximum atomic E-state index is 5.86. The van der Waals surface area contributed by atoms with Gasteiger partial charge in [-0.15, -0.1) is 11.8 Å². The molecule has 0 saturated heterocycles. The van der Waals surface area contributed by atoms with Gasteiger partial charge in [-0.25, -0.2) is 9.97 Å². The van der Waals surface area contributed by atoms with E-state index in [-0.39, 0.29) is 0 Å². The van der Waals surface area contributed by atoms with Crippen molar-refractivity contribution in [2.75, 3.05) is 12.8 Å². The van der Waals surface area contributed by atoms with Gasteiger partial charge in [0.15, 0.2) is 0 Å². The third kappa shape index (κ3) is 4.09. The summed E-state index contributed by atoms with van der Waals surface area (Å²) in [5.74, 6) is 1.74. The first-order chi connectivity index (χ1) is 9.60. The Morgan fingerprint density at radius 3 is 2.65 bits per heavy atom. The van der Waals surface area contributed by atoms with Crippen molar-refractivity contribution >= 4 is 45.1 Å². The second kappa shape index (κ2) is 7.26. The van der Waals surface area contributed by atoms with Gasteiger partial charge in [0.05, 0.1) is 22.5 Å². The van der Waals surface area contributed by atoms with Crippen molar-refractivity contribution in [1.29, 1.82) is 0 Å². The van der Waals surface area contributed by atoms with Crippen molar-refractivity contribution in [2.45, 2.75) is 17.3 Å². The molecule has 7 heteroatoms. The number of hydrogen-bond donors (Lipinski definition) is 1. The molecule has 106 valence electrons. The second-order valence-electron chi connectivity index (χ2n) is 3.96. The molecule has 4 nitrogen and oxygen atoms in total. The molecule has 2 rings (SSSR count). The number of nitrogens with zero attached hydrogens (tertiary/aromatic N) is 2. The van der Waals surface area contributed by atoms with E-state index in [1.165, 1.54) is 0 Å². The van der Waals surface area contributed by atoms with E-state index >= 15 is 0 Å². The molecule has 2 aromatic rings. The molecule has 1 aromatic heterocycles. The Labute approximate surface area is 135 Å². The van der Waals surface area contributed by atoms with Crippen LogP contribution in [0.4, 0.5) is 5.82 Å². The van der Waals surface area contributed by atoms with E-state index in [4.69, 9.17) is 22.1 Å². The summed E-state index contributed by atoms with van der Waals surface area (Å²) in [6.07, 6.45) is 0. The van der Waals surface area contributed by atoms with Crippen LogP contribution >= 0.6 is 39.3 Å². The Morgan fingerprint density at radius 1 is 1.30 bits per heavy atom. The number of ether oxygens (including phenoxy) is 1. The number of anilines is 1. The highest BCUT2D eigenvalue weighted by Gasteiger charge is 2.10. The molecule has 1 heterocycles. The molecular weight excluding hydrogens is 362 g/mol. The number of hydrogen-bond acceptors (Lipinski definition) is 5. The van der Waals surface area contributed by atoms with E-state index in [1.54, 1.807) is 18.9 Å². The number of aromatic nitrogens is 2. The van der Waals surface area contributed by atoms with Gasteiger partial charge >= 0.3 is 0 Å². The molecule has 0 unspecified atom stereocenters. The zero-order valence-corrected chi connectivity index (χ0v) is 13.9. The topological polar surface area (TPSA) is 61.0 Å². The highest BCUT2D eigenvalue weighted by molar-refractivity contribution is 9.10. The van der Waals surface area contributed by atoms with E-state index in [0.717, 1.165) is 15.6 Å². The smallest absolute Gasteiger partial charge is 0.141 e.